The van der Waals surface area contributed by atoms with Crippen molar-refractivity contribution in [2.75, 3.05) is 0 Å². The van der Waals surface area contributed by atoms with Gasteiger partial charge in [-0.25, -0.2) is 0 Å². The first kappa shape index (κ1) is 13.6. The SMILES string of the molecule is C1CCCC(NNC23CC4CC(CC(C4)C2)C3)CCC1. The van der Waals surface area contributed by atoms with Crippen molar-refractivity contribution < 1.29 is 0 Å². The van der Waals surface area contributed by atoms with Crippen LogP contribution < -0.4 is 10.9 Å². The van der Waals surface area contributed by atoms with Crippen LogP contribution in [0, 0.1) is 17.8 Å². The Hall–Kier alpha value is -0.0800. The van der Waals surface area contributed by atoms with E-state index in [2.05, 4.69) is 10.9 Å². The van der Waals surface area contributed by atoms with E-state index in [1.165, 1.54) is 64.2 Å². The van der Waals surface area contributed by atoms with Gasteiger partial charge in [-0.05, 0) is 69.1 Å². The summed E-state index contributed by atoms with van der Waals surface area (Å²) in [4.78, 5) is 0. The van der Waals surface area contributed by atoms with Crippen molar-refractivity contribution in [2.24, 2.45) is 17.8 Å². The molecule has 20 heavy (non-hydrogen) atoms. The second-order valence-corrected chi connectivity index (χ2v) is 8.51. The van der Waals surface area contributed by atoms with Gasteiger partial charge >= 0.3 is 0 Å². The van der Waals surface area contributed by atoms with E-state index >= 15 is 0 Å². The van der Waals surface area contributed by atoms with Gasteiger partial charge in [-0.1, -0.05) is 32.1 Å². The Bertz CT molecular complexity index is 295. The zero-order chi connectivity index (χ0) is 13.4. The molecule has 2 heteroatoms. The molecule has 4 bridgehead atoms. The number of hydrogen-bond donors (Lipinski definition) is 2. The van der Waals surface area contributed by atoms with Gasteiger partial charge in [-0.3, -0.25) is 10.9 Å². The summed E-state index contributed by atoms with van der Waals surface area (Å²) in [6.45, 7) is 0. The van der Waals surface area contributed by atoms with Crippen molar-refractivity contribution >= 4 is 0 Å². The van der Waals surface area contributed by atoms with Gasteiger partial charge in [0, 0.05) is 11.6 Å². The lowest BCUT2D eigenvalue weighted by Gasteiger charge is -2.57. The molecule has 0 aromatic rings. The van der Waals surface area contributed by atoms with Crippen LogP contribution in [0.4, 0.5) is 0 Å². The molecule has 0 atom stereocenters. The maximum atomic E-state index is 3.90. The van der Waals surface area contributed by atoms with Crippen LogP contribution in [0.1, 0.15) is 83.5 Å². The minimum absolute atomic E-state index is 0.483. The zero-order valence-electron chi connectivity index (χ0n) is 13.0. The minimum Gasteiger partial charge on any atom is -0.254 e. The first-order valence-electron chi connectivity index (χ1n) is 9.34. The van der Waals surface area contributed by atoms with Crippen LogP contribution in [0.2, 0.25) is 0 Å². The summed E-state index contributed by atoms with van der Waals surface area (Å²) in [6, 6.07) is 0.739. The van der Waals surface area contributed by atoms with Crippen LogP contribution >= 0.6 is 0 Å². The van der Waals surface area contributed by atoms with Gasteiger partial charge in [0.25, 0.3) is 0 Å². The highest BCUT2D eigenvalue weighted by molar-refractivity contribution is 5.05. The molecular formula is C18H32N2. The molecule has 0 saturated heterocycles. The quantitative estimate of drug-likeness (QED) is 0.756. The molecule has 5 rings (SSSR count). The molecule has 0 amide bonds. The van der Waals surface area contributed by atoms with Crippen molar-refractivity contribution in [3.8, 4) is 0 Å². The van der Waals surface area contributed by atoms with Crippen molar-refractivity contribution in [1.29, 1.82) is 0 Å². The van der Waals surface area contributed by atoms with E-state index in [0.717, 1.165) is 23.8 Å². The van der Waals surface area contributed by atoms with E-state index in [9.17, 15) is 0 Å². The minimum atomic E-state index is 0.483. The second-order valence-electron chi connectivity index (χ2n) is 8.51. The third-order valence-corrected chi connectivity index (χ3v) is 6.68. The molecule has 0 heterocycles. The van der Waals surface area contributed by atoms with E-state index < -0.39 is 0 Å². The largest absolute Gasteiger partial charge is 0.254 e. The molecular weight excluding hydrogens is 244 g/mol. The summed E-state index contributed by atoms with van der Waals surface area (Å²) >= 11 is 0. The van der Waals surface area contributed by atoms with Gasteiger partial charge in [-0.15, -0.1) is 0 Å². The highest BCUT2D eigenvalue weighted by Gasteiger charge is 2.50. The molecule has 5 saturated carbocycles. The molecule has 0 spiro atoms. The Morgan fingerprint density at radius 1 is 0.650 bits per heavy atom. The molecule has 5 aliphatic rings. The average molecular weight is 276 g/mol. The Kier molecular flexibility index (Phi) is 3.80. The van der Waals surface area contributed by atoms with Crippen LogP contribution in [-0.4, -0.2) is 11.6 Å². The van der Waals surface area contributed by atoms with Crippen molar-refractivity contribution in [2.45, 2.75) is 95.1 Å². The summed E-state index contributed by atoms with van der Waals surface area (Å²) in [6.07, 6.45) is 19.0. The topological polar surface area (TPSA) is 24.1 Å². The van der Waals surface area contributed by atoms with Crippen LogP contribution in [-0.2, 0) is 0 Å². The third-order valence-electron chi connectivity index (χ3n) is 6.68. The third kappa shape index (κ3) is 2.78. The fourth-order valence-electron chi connectivity index (χ4n) is 6.12. The molecule has 2 nitrogen and oxygen atoms in total. The van der Waals surface area contributed by atoms with Gasteiger partial charge in [0.2, 0.25) is 0 Å². The highest BCUT2D eigenvalue weighted by Crippen LogP contribution is 2.55. The molecule has 114 valence electrons. The van der Waals surface area contributed by atoms with Gasteiger partial charge in [0.15, 0.2) is 0 Å². The predicted molar refractivity (Wildman–Crippen MR) is 83.3 cm³/mol. The van der Waals surface area contributed by atoms with Gasteiger partial charge in [0.05, 0.1) is 0 Å². The first-order chi connectivity index (χ1) is 9.81. The van der Waals surface area contributed by atoms with Crippen molar-refractivity contribution in [3.63, 3.8) is 0 Å². The molecule has 0 aromatic heterocycles. The van der Waals surface area contributed by atoms with Gasteiger partial charge in [0.1, 0.15) is 0 Å². The summed E-state index contributed by atoms with van der Waals surface area (Å²) in [5.74, 6) is 3.15. The number of nitrogens with one attached hydrogen (secondary N) is 2. The molecule has 0 unspecified atom stereocenters. The molecule has 2 N–H and O–H groups in total. The van der Waals surface area contributed by atoms with Crippen LogP contribution in [0.3, 0.4) is 0 Å². The van der Waals surface area contributed by atoms with Crippen LogP contribution in [0.15, 0.2) is 0 Å². The number of hydrazine groups is 1. The molecule has 0 aromatic carbocycles. The van der Waals surface area contributed by atoms with E-state index in [0.29, 0.717) is 5.54 Å². The fourth-order valence-corrected chi connectivity index (χ4v) is 6.12. The van der Waals surface area contributed by atoms with Crippen molar-refractivity contribution in [3.05, 3.63) is 0 Å². The predicted octanol–water partition coefficient (Wildman–Crippen LogP) is 4.16. The average Bonchev–Trinajstić information content (AvgIpc) is 2.35. The zero-order valence-corrected chi connectivity index (χ0v) is 13.0. The standard InChI is InChI=1S/C18H32N2/c1-2-4-6-17(7-5-3-1)19-20-18-11-14-8-15(12-18)10-16(9-14)13-18/h14-17,19-20H,1-13H2. The lowest BCUT2D eigenvalue weighted by Crippen LogP contribution is -2.63. The van der Waals surface area contributed by atoms with Crippen LogP contribution in [0.5, 0.6) is 0 Å². The Labute approximate surface area is 124 Å². The number of hydrogen-bond acceptors (Lipinski definition) is 2. The summed E-state index contributed by atoms with van der Waals surface area (Å²) in [5, 5.41) is 0. The summed E-state index contributed by atoms with van der Waals surface area (Å²) in [7, 11) is 0. The fraction of sp³-hybridized carbons (Fsp3) is 1.00. The van der Waals surface area contributed by atoms with Crippen molar-refractivity contribution in [1.82, 2.24) is 10.9 Å². The van der Waals surface area contributed by atoms with E-state index in [4.69, 9.17) is 0 Å². The number of rotatable bonds is 3. The maximum absolute atomic E-state index is 3.90. The highest BCUT2D eigenvalue weighted by atomic mass is 15.4. The second kappa shape index (κ2) is 5.61. The Morgan fingerprint density at radius 2 is 1.15 bits per heavy atom. The van der Waals surface area contributed by atoms with E-state index in [1.807, 2.05) is 0 Å². The van der Waals surface area contributed by atoms with E-state index in [1.54, 1.807) is 19.3 Å². The molecule has 0 aliphatic heterocycles. The lowest BCUT2D eigenvalue weighted by atomic mass is 9.53. The summed E-state index contributed by atoms with van der Waals surface area (Å²) < 4.78 is 0. The monoisotopic (exact) mass is 276 g/mol. The van der Waals surface area contributed by atoms with Gasteiger partial charge in [-0.2, -0.15) is 0 Å². The van der Waals surface area contributed by atoms with E-state index in [-0.39, 0.29) is 0 Å². The van der Waals surface area contributed by atoms with Crippen LogP contribution in [0.25, 0.3) is 0 Å². The Morgan fingerprint density at radius 3 is 1.70 bits per heavy atom. The molecule has 5 aliphatic carbocycles. The van der Waals surface area contributed by atoms with Gasteiger partial charge < -0.3 is 0 Å². The smallest absolute Gasteiger partial charge is 0.0331 e. The molecule has 5 fully saturated rings. The first-order valence-corrected chi connectivity index (χ1v) is 9.34. The maximum Gasteiger partial charge on any atom is 0.0331 e. The summed E-state index contributed by atoms with van der Waals surface area (Å²) in [5.41, 5.74) is 8.17. The molecule has 0 radical (unpaired) electrons. The lowest BCUT2D eigenvalue weighted by molar-refractivity contribution is -0.0295. The Balaban J connectivity index is 1.34. The normalized spacial score (nSPS) is 45.3.